The molecule has 0 saturated carbocycles. The molecular weight excluding hydrogens is 158 g/mol. The van der Waals surface area contributed by atoms with Gasteiger partial charge in [0.05, 0.1) is 6.33 Å². The largest absolute Gasteiger partial charge is 0.465 e. The fourth-order valence-corrected chi connectivity index (χ4v) is 0.923. The maximum absolute atomic E-state index is 10.1. The Balaban J connectivity index is 2.33. The van der Waals surface area contributed by atoms with Gasteiger partial charge in [-0.25, -0.2) is 9.78 Å². The van der Waals surface area contributed by atoms with E-state index in [-0.39, 0.29) is 0 Å². The van der Waals surface area contributed by atoms with E-state index >= 15 is 0 Å². The van der Waals surface area contributed by atoms with Gasteiger partial charge in [0.15, 0.2) is 0 Å². The molecule has 1 heterocycles. The third kappa shape index (κ3) is 2.26. The lowest BCUT2D eigenvalue weighted by molar-refractivity contribution is 0.194. The second kappa shape index (κ2) is 3.75. The molecule has 0 aliphatic rings. The number of carboxylic acid groups (broad SMARTS) is 1. The van der Waals surface area contributed by atoms with Crippen molar-refractivity contribution in [1.82, 2.24) is 14.9 Å². The van der Waals surface area contributed by atoms with Crippen molar-refractivity contribution in [3.63, 3.8) is 0 Å². The topological polar surface area (TPSA) is 67.2 Å². The van der Waals surface area contributed by atoms with Gasteiger partial charge in [-0.3, -0.25) is 0 Å². The van der Waals surface area contributed by atoms with E-state index in [1.54, 1.807) is 12.5 Å². The van der Waals surface area contributed by atoms with Crippen LogP contribution >= 0.6 is 0 Å². The lowest BCUT2D eigenvalue weighted by Gasteiger charge is -2.01. The van der Waals surface area contributed by atoms with Crippen LogP contribution in [-0.4, -0.2) is 27.3 Å². The number of aryl methyl sites for hydroxylation is 1. The van der Waals surface area contributed by atoms with Crippen LogP contribution in [0.3, 0.4) is 0 Å². The van der Waals surface area contributed by atoms with Gasteiger partial charge in [0.2, 0.25) is 0 Å². The Bertz CT molecular complexity index is 269. The van der Waals surface area contributed by atoms with Crippen molar-refractivity contribution in [2.24, 2.45) is 7.05 Å². The quantitative estimate of drug-likeness (QED) is 0.680. The number of hydrogen-bond acceptors (Lipinski definition) is 2. The van der Waals surface area contributed by atoms with Crippen molar-refractivity contribution in [3.8, 4) is 0 Å². The van der Waals surface area contributed by atoms with Crippen LogP contribution in [0.5, 0.6) is 0 Å². The van der Waals surface area contributed by atoms with Gasteiger partial charge < -0.3 is 15.0 Å². The van der Waals surface area contributed by atoms with Gasteiger partial charge in [-0.05, 0) is 0 Å². The molecule has 12 heavy (non-hydrogen) atoms. The smallest absolute Gasteiger partial charge is 0.404 e. The van der Waals surface area contributed by atoms with Gasteiger partial charge in [0.1, 0.15) is 0 Å². The molecule has 1 aromatic rings. The Labute approximate surface area is 70.0 Å². The predicted octanol–water partition coefficient (Wildman–Crippen LogP) is 0.230. The second-order valence-electron chi connectivity index (χ2n) is 2.48. The van der Waals surface area contributed by atoms with Crippen molar-refractivity contribution in [1.29, 1.82) is 0 Å². The molecule has 2 N–H and O–H groups in total. The van der Waals surface area contributed by atoms with Crippen LogP contribution in [0.1, 0.15) is 5.69 Å². The average molecular weight is 169 g/mol. The number of hydrogen-bond donors (Lipinski definition) is 2. The summed E-state index contributed by atoms with van der Waals surface area (Å²) in [6.45, 7) is 0.425. The van der Waals surface area contributed by atoms with E-state index in [1.165, 1.54) is 0 Å². The van der Waals surface area contributed by atoms with Gasteiger partial charge >= 0.3 is 6.09 Å². The molecule has 66 valence electrons. The summed E-state index contributed by atoms with van der Waals surface area (Å²) in [5, 5.41) is 10.6. The zero-order valence-corrected chi connectivity index (χ0v) is 6.82. The second-order valence-corrected chi connectivity index (χ2v) is 2.48. The Morgan fingerprint density at radius 1 is 1.83 bits per heavy atom. The molecule has 0 unspecified atom stereocenters. The number of nitrogens with zero attached hydrogens (tertiary/aromatic N) is 2. The fraction of sp³-hybridized carbons (Fsp3) is 0.429. The minimum absolute atomic E-state index is 0.425. The molecule has 1 aromatic heterocycles. The molecular formula is C7H11N3O2. The molecule has 0 fully saturated rings. The first-order valence-electron chi connectivity index (χ1n) is 3.62. The summed E-state index contributed by atoms with van der Waals surface area (Å²) >= 11 is 0. The van der Waals surface area contributed by atoms with Crippen LogP contribution in [0.25, 0.3) is 0 Å². The summed E-state index contributed by atoms with van der Waals surface area (Å²) in [5.74, 6) is 0. The van der Waals surface area contributed by atoms with E-state index in [2.05, 4.69) is 10.3 Å². The molecule has 5 heteroatoms. The van der Waals surface area contributed by atoms with Crippen molar-refractivity contribution < 1.29 is 9.90 Å². The van der Waals surface area contributed by atoms with Gasteiger partial charge in [-0.1, -0.05) is 0 Å². The van der Waals surface area contributed by atoms with E-state index in [0.717, 1.165) is 5.69 Å². The molecule has 0 atom stereocenters. The first-order chi connectivity index (χ1) is 5.70. The van der Waals surface area contributed by atoms with Crippen LogP contribution in [-0.2, 0) is 13.5 Å². The summed E-state index contributed by atoms with van der Waals surface area (Å²) in [7, 11) is 1.88. The SMILES string of the molecule is Cn1cncc1CCNC(=O)O. The first-order valence-corrected chi connectivity index (χ1v) is 3.62. The van der Waals surface area contributed by atoms with Crippen molar-refractivity contribution >= 4 is 6.09 Å². The molecule has 1 rings (SSSR count). The van der Waals surface area contributed by atoms with Gasteiger partial charge in [0.25, 0.3) is 0 Å². The molecule has 0 radical (unpaired) electrons. The number of amides is 1. The van der Waals surface area contributed by atoms with E-state index in [1.807, 2.05) is 11.6 Å². The Morgan fingerprint density at radius 2 is 2.58 bits per heavy atom. The van der Waals surface area contributed by atoms with Crippen LogP contribution < -0.4 is 5.32 Å². The molecule has 0 spiro atoms. The van der Waals surface area contributed by atoms with Crippen LogP contribution in [0.4, 0.5) is 4.79 Å². The van der Waals surface area contributed by atoms with Crippen molar-refractivity contribution in [2.45, 2.75) is 6.42 Å². The van der Waals surface area contributed by atoms with Crippen LogP contribution in [0.15, 0.2) is 12.5 Å². The minimum atomic E-state index is -0.989. The normalized spacial score (nSPS) is 9.75. The van der Waals surface area contributed by atoms with Gasteiger partial charge in [-0.2, -0.15) is 0 Å². The molecule has 0 aliphatic heterocycles. The molecule has 0 aliphatic carbocycles. The Kier molecular flexibility index (Phi) is 2.68. The predicted molar refractivity (Wildman–Crippen MR) is 42.9 cm³/mol. The number of imidazole rings is 1. The monoisotopic (exact) mass is 169 g/mol. The highest BCUT2D eigenvalue weighted by Crippen LogP contribution is 1.95. The number of aromatic nitrogens is 2. The average Bonchev–Trinajstić information content (AvgIpc) is 2.36. The zero-order chi connectivity index (χ0) is 8.97. The maximum Gasteiger partial charge on any atom is 0.404 e. The number of nitrogens with one attached hydrogen (secondary N) is 1. The fourth-order valence-electron chi connectivity index (χ4n) is 0.923. The van der Waals surface area contributed by atoms with E-state index in [4.69, 9.17) is 5.11 Å². The summed E-state index contributed by atoms with van der Waals surface area (Å²) in [5.41, 5.74) is 1.02. The Hall–Kier alpha value is -1.52. The number of carbonyl (C=O) groups is 1. The first kappa shape index (κ1) is 8.58. The lowest BCUT2D eigenvalue weighted by Crippen LogP contribution is -2.23. The highest BCUT2D eigenvalue weighted by atomic mass is 16.4. The van der Waals surface area contributed by atoms with Crippen molar-refractivity contribution in [2.75, 3.05) is 6.54 Å². The molecule has 1 amide bonds. The van der Waals surface area contributed by atoms with E-state index < -0.39 is 6.09 Å². The molecule has 0 bridgehead atoms. The standard InChI is InChI=1S/C7H11N3O2/c1-10-5-8-4-6(10)2-3-9-7(11)12/h4-5,9H,2-3H2,1H3,(H,11,12). The highest BCUT2D eigenvalue weighted by Gasteiger charge is 1.98. The third-order valence-corrected chi connectivity index (χ3v) is 1.57. The third-order valence-electron chi connectivity index (χ3n) is 1.57. The van der Waals surface area contributed by atoms with Crippen LogP contribution in [0, 0.1) is 0 Å². The van der Waals surface area contributed by atoms with Gasteiger partial charge in [-0.15, -0.1) is 0 Å². The minimum Gasteiger partial charge on any atom is -0.465 e. The lowest BCUT2D eigenvalue weighted by atomic mass is 10.3. The summed E-state index contributed by atoms with van der Waals surface area (Å²) in [4.78, 5) is 14.0. The highest BCUT2D eigenvalue weighted by molar-refractivity contribution is 5.64. The molecule has 0 aromatic carbocycles. The van der Waals surface area contributed by atoms with E-state index in [9.17, 15) is 4.79 Å². The summed E-state index contributed by atoms with van der Waals surface area (Å²) < 4.78 is 1.86. The van der Waals surface area contributed by atoms with Gasteiger partial charge in [0, 0.05) is 31.9 Å². The molecule has 5 nitrogen and oxygen atoms in total. The maximum atomic E-state index is 10.1. The summed E-state index contributed by atoms with van der Waals surface area (Å²) in [6, 6.07) is 0. The molecule has 0 saturated heterocycles. The summed E-state index contributed by atoms with van der Waals surface area (Å²) in [6.07, 6.45) is 3.10. The van der Waals surface area contributed by atoms with Crippen molar-refractivity contribution in [3.05, 3.63) is 18.2 Å². The van der Waals surface area contributed by atoms with E-state index in [0.29, 0.717) is 13.0 Å². The zero-order valence-electron chi connectivity index (χ0n) is 6.82. The number of rotatable bonds is 3. The Morgan fingerprint density at radius 3 is 3.08 bits per heavy atom. The van der Waals surface area contributed by atoms with Crippen LogP contribution in [0.2, 0.25) is 0 Å².